The van der Waals surface area contributed by atoms with E-state index in [2.05, 4.69) is 378 Å². The summed E-state index contributed by atoms with van der Waals surface area (Å²) in [6.45, 7) is 0. The Hall–Kier alpha value is -13.3. The molecule has 1 aliphatic carbocycles. The highest BCUT2D eigenvalue weighted by Crippen LogP contribution is 2.47. The average Bonchev–Trinajstić information content (AvgIpc) is 1.63. The highest BCUT2D eigenvalue weighted by molar-refractivity contribution is 9.10. The van der Waals surface area contributed by atoms with Crippen LogP contribution in [0.15, 0.2) is 381 Å². The molecule has 6 heterocycles. The second-order valence-corrected chi connectivity index (χ2v) is 32.1. The van der Waals surface area contributed by atoms with Crippen molar-refractivity contribution in [1.82, 2.24) is 29.1 Å². The number of rotatable bonds is 11. The Balaban J connectivity index is 0.000000133. The van der Waals surface area contributed by atoms with E-state index in [-0.39, 0.29) is 0 Å². The van der Waals surface area contributed by atoms with Crippen molar-refractivity contribution in [2.24, 2.45) is 0 Å². The Bertz CT molecular complexity index is 6990. The Kier molecular flexibility index (Phi) is 16.9. The van der Waals surface area contributed by atoms with Gasteiger partial charge in [-0.1, -0.05) is 186 Å². The Morgan fingerprint density at radius 3 is 1.16 bits per heavy atom. The molecule has 1 aliphatic rings. The van der Waals surface area contributed by atoms with Crippen molar-refractivity contribution in [1.29, 1.82) is 0 Å². The van der Waals surface area contributed by atoms with Crippen LogP contribution in [0, 0.1) is 0 Å². The van der Waals surface area contributed by atoms with Gasteiger partial charge in [-0.2, -0.15) is 0 Å². The smallest absolute Gasteiger partial charge is 0.124 e. The molecule has 23 rings (SSSR count). The number of aromatic nitrogens is 6. The molecule has 0 radical (unpaired) electrons. The summed E-state index contributed by atoms with van der Waals surface area (Å²) in [5.74, 6) is 0. The molecule has 0 amide bonds. The second-order valence-electron chi connectivity index (χ2n) is 28.1. The zero-order chi connectivity index (χ0) is 74.2. The number of hydrogen-bond donors (Lipinski definition) is 1. The quantitative estimate of drug-likeness (QED) is 0.140. The molecular formula is C100H65BrN8S3. The van der Waals surface area contributed by atoms with Crippen LogP contribution in [0.5, 0.6) is 0 Å². The Morgan fingerprint density at radius 1 is 0.277 bits per heavy atom. The third kappa shape index (κ3) is 12.2. The van der Waals surface area contributed by atoms with E-state index in [9.17, 15) is 0 Å². The summed E-state index contributed by atoms with van der Waals surface area (Å²) in [6, 6.07) is 134. The molecule has 0 aliphatic heterocycles. The van der Waals surface area contributed by atoms with Crippen LogP contribution in [0.2, 0.25) is 0 Å². The highest BCUT2D eigenvalue weighted by Gasteiger charge is 2.24. The molecule has 0 spiro atoms. The van der Waals surface area contributed by atoms with Gasteiger partial charge in [0.25, 0.3) is 0 Å². The van der Waals surface area contributed by atoms with Crippen molar-refractivity contribution in [2.45, 2.75) is 6.42 Å². The topological polar surface area (TPSA) is 70.8 Å². The minimum Gasteiger partial charge on any atom is -0.355 e. The van der Waals surface area contributed by atoms with Crippen LogP contribution in [0.25, 0.3) is 150 Å². The summed E-state index contributed by atoms with van der Waals surface area (Å²) in [4.78, 5) is 22.8. The Morgan fingerprint density at radius 2 is 0.652 bits per heavy atom. The number of halogens is 1. The molecule has 16 aromatic carbocycles. The monoisotopic (exact) mass is 1550 g/mol. The lowest BCUT2D eigenvalue weighted by atomic mass is 10.0. The van der Waals surface area contributed by atoms with E-state index in [1.807, 2.05) is 42.5 Å². The number of aromatic amines is 1. The number of nitrogens with one attached hydrogen (secondary N) is 1. The molecule has 0 saturated carbocycles. The van der Waals surface area contributed by atoms with Gasteiger partial charge in [-0.25, -0.2) is 15.0 Å². The van der Waals surface area contributed by atoms with Crippen LogP contribution in [0.3, 0.4) is 0 Å². The number of benzene rings is 16. The van der Waals surface area contributed by atoms with Crippen LogP contribution in [0.1, 0.15) is 11.1 Å². The van der Waals surface area contributed by atoms with Crippen molar-refractivity contribution < 1.29 is 0 Å². The molecular weight excluding hydrogens is 1490 g/mol. The van der Waals surface area contributed by atoms with Gasteiger partial charge in [0.05, 0.1) is 52.7 Å². The molecule has 0 unspecified atom stereocenters. The van der Waals surface area contributed by atoms with Crippen LogP contribution in [-0.2, 0) is 6.42 Å². The molecule has 0 saturated heterocycles. The maximum atomic E-state index is 4.92. The summed E-state index contributed by atoms with van der Waals surface area (Å²) < 4.78 is 9.51. The minimum absolute atomic E-state index is 1.01. The van der Waals surface area contributed by atoms with Gasteiger partial charge in [-0.15, -0.1) is 34.0 Å². The lowest BCUT2D eigenvalue weighted by Gasteiger charge is -2.26. The fourth-order valence-corrected chi connectivity index (χ4v) is 19.3. The number of nitrogens with zero attached hydrogens (tertiary/aromatic N) is 7. The molecule has 22 aromatic rings. The minimum atomic E-state index is 1.01. The predicted octanol–water partition coefficient (Wildman–Crippen LogP) is 29.0. The fraction of sp³-hybridized carbons (Fsp3) is 0.0100. The van der Waals surface area contributed by atoms with Crippen molar-refractivity contribution in [3.05, 3.63) is 392 Å². The lowest BCUT2D eigenvalue weighted by Crippen LogP contribution is -2.10. The zero-order valence-corrected chi connectivity index (χ0v) is 64.3. The molecule has 8 nitrogen and oxygen atoms in total. The van der Waals surface area contributed by atoms with E-state index < -0.39 is 0 Å². The van der Waals surface area contributed by atoms with Gasteiger partial charge in [0.15, 0.2) is 0 Å². The molecule has 0 atom stereocenters. The summed E-state index contributed by atoms with van der Waals surface area (Å²) in [5, 5.41) is 10.5. The number of fused-ring (bicyclic) bond motifs is 15. The van der Waals surface area contributed by atoms with Crippen LogP contribution in [0.4, 0.5) is 34.1 Å². The first kappa shape index (κ1) is 66.8. The van der Waals surface area contributed by atoms with Crippen molar-refractivity contribution in [2.75, 3.05) is 9.80 Å². The van der Waals surface area contributed by atoms with E-state index in [0.29, 0.717) is 0 Å². The van der Waals surface area contributed by atoms with E-state index in [1.165, 1.54) is 96.5 Å². The highest BCUT2D eigenvalue weighted by atomic mass is 79.9. The first-order valence-corrected chi connectivity index (χ1v) is 40.7. The summed E-state index contributed by atoms with van der Waals surface area (Å²) >= 11 is 8.64. The van der Waals surface area contributed by atoms with Crippen LogP contribution < -0.4 is 9.80 Å². The van der Waals surface area contributed by atoms with E-state index in [1.54, 1.807) is 34.0 Å². The second kappa shape index (κ2) is 28.3. The number of H-pyrrole nitrogens is 1. The van der Waals surface area contributed by atoms with Crippen LogP contribution >= 0.6 is 49.9 Å². The zero-order valence-electron chi connectivity index (χ0n) is 60.2. The number of anilines is 6. The maximum absolute atomic E-state index is 4.92. The van der Waals surface area contributed by atoms with Gasteiger partial charge in [-0.3, -0.25) is 0 Å². The third-order valence-electron chi connectivity index (χ3n) is 21.4. The summed E-state index contributed by atoms with van der Waals surface area (Å²) in [6.07, 6.45) is 1.01. The van der Waals surface area contributed by atoms with Crippen molar-refractivity contribution >= 4 is 180 Å². The van der Waals surface area contributed by atoms with Gasteiger partial charge in [-0.05, 0) is 235 Å². The molecule has 12 heteroatoms. The van der Waals surface area contributed by atoms with Crippen molar-refractivity contribution in [3.63, 3.8) is 0 Å². The van der Waals surface area contributed by atoms with Gasteiger partial charge in [0.2, 0.25) is 0 Å². The molecule has 530 valence electrons. The van der Waals surface area contributed by atoms with Gasteiger partial charge in [0, 0.05) is 110 Å². The number of hydrogen-bond acceptors (Lipinski definition) is 8. The van der Waals surface area contributed by atoms with Crippen molar-refractivity contribution in [3.8, 4) is 54.2 Å². The number of para-hydroxylation sites is 8. The first-order valence-electron chi connectivity index (χ1n) is 37.4. The average molecular weight is 1550 g/mol. The molecule has 0 bridgehead atoms. The maximum Gasteiger partial charge on any atom is 0.124 e. The number of thiazole rings is 3. The summed E-state index contributed by atoms with van der Waals surface area (Å²) in [7, 11) is 0. The first-order chi connectivity index (χ1) is 55.4. The van der Waals surface area contributed by atoms with Gasteiger partial charge < -0.3 is 23.9 Å². The van der Waals surface area contributed by atoms with Crippen LogP contribution in [-0.4, -0.2) is 29.1 Å². The summed E-state index contributed by atoms with van der Waals surface area (Å²) in [5.41, 5.74) is 28.1. The molecule has 112 heavy (non-hydrogen) atoms. The van der Waals surface area contributed by atoms with Gasteiger partial charge >= 0.3 is 0 Å². The van der Waals surface area contributed by atoms with E-state index >= 15 is 0 Å². The standard InChI is InChI=1S/C56H35N5S2.C31H22N2.C13H8BrNS/c1-2-12-38(13-3-1)59(41-30-32-51-45(34-41)43-14-4-8-18-49(43)60(51)39-26-22-36(23-27-39)55-57-47-16-6-10-20-53(47)62-55)42-31-33-52-46(35-42)44-15-5-9-19-50(44)61(52)40-28-24-37(25-29-40)56-58-48-17-7-11-21-54(48)63-56;1-2-9-23(10-3-1)33(24-15-14-22-18-21-8-4-5-11-26(21)28(22)19-24)25-16-17-31-29(20-25)27-12-6-7-13-30(27)32-31;14-10-7-5-9(6-8-10)13-15-11-3-1-2-4-12(11)16-13/h1-35H;1-17,19-20,32H,18H2;1-8H. The van der Waals surface area contributed by atoms with E-state index in [4.69, 9.17) is 9.97 Å². The predicted molar refractivity (Wildman–Crippen MR) is 479 cm³/mol. The molecule has 1 N–H and O–H groups in total. The van der Waals surface area contributed by atoms with E-state index in [0.717, 1.165) is 110 Å². The van der Waals surface area contributed by atoms with Gasteiger partial charge in [0.1, 0.15) is 15.0 Å². The normalized spacial score (nSPS) is 11.8. The largest absolute Gasteiger partial charge is 0.355 e. The molecule has 6 aromatic heterocycles. The fourth-order valence-electron chi connectivity index (χ4n) is 16.1. The Labute approximate surface area is 666 Å². The lowest BCUT2D eigenvalue weighted by molar-refractivity contribution is 1.18. The third-order valence-corrected chi connectivity index (χ3v) is 25.1. The SMILES string of the molecule is Brc1ccc(-c2nc3ccccc3s2)cc1.c1ccc(N(c2ccc3c(c2)-c2ccccc2C3)c2ccc3[nH]c4ccccc4c3c2)cc1.c1ccc(N(c2ccc3c(c2)c2ccccc2n3-c2ccc(-c3nc4ccccc4s3)cc2)c2ccc3c(c2)c2ccccc2n3-c2ccc(-c3nc4ccccc4s3)cc2)cc1. The molecule has 0 fully saturated rings.